The highest BCUT2D eigenvalue weighted by Gasteiger charge is 2.23. The molecule has 1 N–H and O–H groups in total. The normalized spacial score (nSPS) is 11.4. The van der Waals surface area contributed by atoms with Crippen LogP contribution in [0.15, 0.2) is 51.8 Å². The summed E-state index contributed by atoms with van der Waals surface area (Å²) in [4.78, 5) is 22.8. The van der Waals surface area contributed by atoms with Crippen LogP contribution in [0.4, 0.5) is 5.69 Å². The molecule has 1 amide bonds. The quantitative estimate of drug-likeness (QED) is 0.470. The number of carbonyl (C=O) groups is 1. The molecule has 0 heterocycles. The minimum Gasteiger partial charge on any atom is -0.348 e. The van der Waals surface area contributed by atoms with E-state index in [1.165, 1.54) is 34.6 Å². The first-order chi connectivity index (χ1) is 13.2. The molecule has 0 saturated heterocycles. The Morgan fingerprint density at radius 3 is 2.29 bits per heavy atom. The highest BCUT2D eigenvalue weighted by atomic mass is 79.9. The maximum Gasteiger partial charge on any atom is 0.269 e. The van der Waals surface area contributed by atoms with Gasteiger partial charge in [-0.2, -0.15) is 4.31 Å². The average molecular weight is 470 g/mol. The fourth-order valence-electron chi connectivity index (χ4n) is 2.56. The molecule has 0 unspecified atom stereocenters. The van der Waals surface area contributed by atoms with Crippen molar-refractivity contribution >= 4 is 37.5 Å². The molecule has 2 aromatic carbocycles. The molecule has 0 saturated carbocycles. The van der Waals surface area contributed by atoms with Crippen LogP contribution in [0.25, 0.3) is 0 Å². The molecule has 0 aliphatic heterocycles. The fraction of sp³-hybridized carbons (Fsp3) is 0.278. The standard InChI is InChI=1S/C18H20BrN3O5S/c1-3-21(4-2)28(26,27)15-9-10-17(19)16(11-15)18(23)20-12-13-5-7-14(8-6-13)22(24)25/h5-11H,3-4,12H2,1-2H3,(H,20,23). The summed E-state index contributed by atoms with van der Waals surface area (Å²) >= 11 is 3.28. The monoisotopic (exact) mass is 469 g/mol. The number of nitrogens with zero attached hydrogens (tertiary/aromatic N) is 2. The van der Waals surface area contributed by atoms with Crippen molar-refractivity contribution in [3.8, 4) is 0 Å². The van der Waals surface area contributed by atoms with Gasteiger partial charge in [0, 0.05) is 36.2 Å². The van der Waals surface area contributed by atoms with Crippen LogP contribution < -0.4 is 5.32 Å². The first kappa shape index (κ1) is 22.0. The summed E-state index contributed by atoms with van der Waals surface area (Å²) in [6.07, 6.45) is 0. The number of benzene rings is 2. The number of sulfonamides is 1. The summed E-state index contributed by atoms with van der Waals surface area (Å²) in [5, 5.41) is 13.4. The van der Waals surface area contributed by atoms with E-state index in [1.54, 1.807) is 26.0 Å². The van der Waals surface area contributed by atoms with Gasteiger partial charge in [0.1, 0.15) is 0 Å². The smallest absolute Gasteiger partial charge is 0.269 e. The summed E-state index contributed by atoms with van der Waals surface area (Å²) < 4.78 is 27.1. The second kappa shape index (κ2) is 9.26. The maximum atomic E-state index is 12.7. The van der Waals surface area contributed by atoms with Gasteiger partial charge < -0.3 is 5.32 Å². The number of amides is 1. The highest BCUT2D eigenvalue weighted by molar-refractivity contribution is 9.10. The zero-order valence-electron chi connectivity index (χ0n) is 15.4. The number of nitro benzene ring substituents is 1. The third kappa shape index (κ3) is 4.94. The lowest BCUT2D eigenvalue weighted by molar-refractivity contribution is -0.384. The van der Waals surface area contributed by atoms with Gasteiger partial charge in [0.05, 0.1) is 15.4 Å². The van der Waals surface area contributed by atoms with Crippen LogP contribution >= 0.6 is 15.9 Å². The maximum absolute atomic E-state index is 12.7. The van der Waals surface area contributed by atoms with Gasteiger partial charge in [-0.25, -0.2) is 8.42 Å². The molecule has 0 radical (unpaired) electrons. The van der Waals surface area contributed by atoms with E-state index in [0.29, 0.717) is 23.1 Å². The van der Waals surface area contributed by atoms with Gasteiger partial charge in [-0.15, -0.1) is 0 Å². The number of rotatable bonds is 8. The SMILES string of the molecule is CCN(CC)S(=O)(=O)c1ccc(Br)c(C(=O)NCc2ccc([N+](=O)[O-])cc2)c1. The molecule has 8 nitrogen and oxygen atoms in total. The van der Waals surface area contributed by atoms with Crippen LogP contribution in [0, 0.1) is 10.1 Å². The highest BCUT2D eigenvalue weighted by Crippen LogP contribution is 2.23. The molecule has 0 aliphatic carbocycles. The van der Waals surface area contributed by atoms with Crippen molar-refractivity contribution < 1.29 is 18.1 Å². The Labute approximate surface area is 171 Å². The average Bonchev–Trinajstić information content (AvgIpc) is 2.67. The van der Waals surface area contributed by atoms with Crippen molar-refractivity contribution in [1.82, 2.24) is 9.62 Å². The third-order valence-corrected chi connectivity index (χ3v) is 6.86. The van der Waals surface area contributed by atoms with Crippen LogP contribution in [0.1, 0.15) is 29.8 Å². The number of non-ortho nitro benzene ring substituents is 1. The van der Waals surface area contributed by atoms with Crippen LogP contribution in [-0.2, 0) is 16.6 Å². The molecule has 150 valence electrons. The lowest BCUT2D eigenvalue weighted by Gasteiger charge is -2.19. The number of hydrogen-bond acceptors (Lipinski definition) is 5. The Balaban J connectivity index is 2.20. The summed E-state index contributed by atoms with van der Waals surface area (Å²) in [6.45, 7) is 4.30. The molecule has 0 fully saturated rings. The molecule has 2 aromatic rings. The number of carbonyl (C=O) groups excluding carboxylic acids is 1. The summed E-state index contributed by atoms with van der Waals surface area (Å²) in [7, 11) is -3.69. The predicted octanol–water partition coefficient (Wildman–Crippen LogP) is 3.32. The Morgan fingerprint density at radius 1 is 1.14 bits per heavy atom. The molecule has 2 rings (SSSR count). The van der Waals surface area contributed by atoms with Crippen LogP contribution in [0.3, 0.4) is 0 Å². The lowest BCUT2D eigenvalue weighted by Crippen LogP contribution is -2.31. The van der Waals surface area contributed by atoms with Crippen molar-refractivity contribution in [1.29, 1.82) is 0 Å². The minimum atomic E-state index is -3.69. The molecule has 28 heavy (non-hydrogen) atoms. The van der Waals surface area contributed by atoms with E-state index in [4.69, 9.17) is 0 Å². The van der Waals surface area contributed by atoms with E-state index < -0.39 is 20.9 Å². The topological polar surface area (TPSA) is 110 Å². The second-order valence-corrected chi connectivity index (χ2v) is 8.63. The number of halogens is 1. The first-order valence-electron chi connectivity index (χ1n) is 8.52. The number of nitro groups is 1. The molecule has 0 bridgehead atoms. The van der Waals surface area contributed by atoms with Crippen molar-refractivity contribution in [2.45, 2.75) is 25.3 Å². The van der Waals surface area contributed by atoms with Crippen molar-refractivity contribution in [3.05, 3.63) is 68.2 Å². The van der Waals surface area contributed by atoms with Crippen LogP contribution in [0.2, 0.25) is 0 Å². The summed E-state index contributed by atoms with van der Waals surface area (Å²) in [5.41, 5.74) is 0.837. The third-order valence-electron chi connectivity index (χ3n) is 4.13. The van der Waals surface area contributed by atoms with E-state index in [1.807, 2.05) is 0 Å². The first-order valence-corrected chi connectivity index (χ1v) is 10.7. The van der Waals surface area contributed by atoms with E-state index >= 15 is 0 Å². The van der Waals surface area contributed by atoms with Crippen molar-refractivity contribution in [2.24, 2.45) is 0 Å². The van der Waals surface area contributed by atoms with Gasteiger partial charge >= 0.3 is 0 Å². The molecule has 0 aliphatic rings. The molecular weight excluding hydrogens is 450 g/mol. The van der Waals surface area contributed by atoms with Gasteiger partial charge in [0.15, 0.2) is 0 Å². The molecular formula is C18H20BrN3O5S. The van der Waals surface area contributed by atoms with Gasteiger partial charge in [0.2, 0.25) is 10.0 Å². The Kier molecular flexibility index (Phi) is 7.28. The molecule has 0 atom stereocenters. The van der Waals surface area contributed by atoms with Gasteiger partial charge in [0.25, 0.3) is 11.6 Å². The summed E-state index contributed by atoms with van der Waals surface area (Å²) in [6, 6.07) is 10.1. The van der Waals surface area contributed by atoms with E-state index in [-0.39, 0.29) is 22.7 Å². The van der Waals surface area contributed by atoms with Crippen molar-refractivity contribution in [2.75, 3.05) is 13.1 Å². The van der Waals surface area contributed by atoms with E-state index in [2.05, 4.69) is 21.2 Å². The van der Waals surface area contributed by atoms with Gasteiger partial charge in [-0.1, -0.05) is 26.0 Å². The van der Waals surface area contributed by atoms with Crippen molar-refractivity contribution in [3.63, 3.8) is 0 Å². The number of hydrogen-bond donors (Lipinski definition) is 1. The predicted molar refractivity (Wildman–Crippen MR) is 109 cm³/mol. The molecule has 0 spiro atoms. The second-order valence-electron chi connectivity index (χ2n) is 5.84. The van der Waals surface area contributed by atoms with Gasteiger partial charge in [-0.3, -0.25) is 14.9 Å². The largest absolute Gasteiger partial charge is 0.348 e. The van der Waals surface area contributed by atoms with Crippen LogP contribution in [0.5, 0.6) is 0 Å². The minimum absolute atomic E-state index is 0.0351. The zero-order chi connectivity index (χ0) is 20.9. The number of nitrogens with one attached hydrogen (secondary N) is 1. The van der Waals surface area contributed by atoms with E-state index in [0.717, 1.165) is 0 Å². The Bertz CT molecular complexity index is 973. The lowest BCUT2D eigenvalue weighted by atomic mass is 10.2. The Morgan fingerprint density at radius 2 is 1.75 bits per heavy atom. The van der Waals surface area contributed by atoms with Crippen LogP contribution in [-0.4, -0.2) is 36.6 Å². The fourth-order valence-corrected chi connectivity index (χ4v) is 4.48. The van der Waals surface area contributed by atoms with E-state index in [9.17, 15) is 23.3 Å². The molecule has 10 heteroatoms. The Hall–Kier alpha value is -2.30. The zero-order valence-corrected chi connectivity index (χ0v) is 17.8. The molecule has 0 aromatic heterocycles. The summed E-state index contributed by atoms with van der Waals surface area (Å²) in [5.74, 6) is -0.457. The van der Waals surface area contributed by atoms with Gasteiger partial charge in [-0.05, 0) is 39.7 Å².